The van der Waals surface area contributed by atoms with Gasteiger partial charge in [-0.1, -0.05) is 29.8 Å². The molecule has 0 N–H and O–H groups in total. The molecule has 1 aromatic heterocycles. The van der Waals surface area contributed by atoms with Crippen molar-refractivity contribution in [1.82, 2.24) is 4.98 Å². The Morgan fingerprint density at radius 3 is 2.76 bits per heavy atom. The Hall–Kier alpha value is -2.39. The van der Waals surface area contributed by atoms with Crippen LogP contribution in [0, 0.1) is 0 Å². The number of para-hydroxylation sites is 1. The largest absolute Gasteiger partial charge is 0.495 e. The number of fused-ring (bicyclic) bond motifs is 1. The minimum Gasteiger partial charge on any atom is -0.495 e. The van der Waals surface area contributed by atoms with E-state index in [9.17, 15) is 4.79 Å². The van der Waals surface area contributed by atoms with E-state index in [1.165, 1.54) is 7.11 Å². The first-order chi connectivity index (χ1) is 10.2. The number of carbonyl (C=O) groups excluding carboxylic acids is 1. The number of nitrogens with zero attached hydrogens (tertiary/aromatic N) is 1. The average Bonchev–Trinajstić information content (AvgIpc) is 2.54. The van der Waals surface area contributed by atoms with E-state index in [2.05, 4.69) is 4.98 Å². The summed E-state index contributed by atoms with van der Waals surface area (Å²) < 4.78 is 5.16. The van der Waals surface area contributed by atoms with Crippen LogP contribution in [0.1, 0.15) is 15.9 Å². The molecule has 0 atom stereocenters. The van der Waals surface area contributed by atoms with Crippen LogP contribution in [0.2, 0.25) is 5.02 Å². The van der Waals surface area contributed by atoms with Crippen LogP contribution in [0.15, 0.2) is 54.7 Å². The first-order valence-electron chi connectivity index (χ1n) is 6.42. The lowest BCUT2D eigenvalue weighted by Crippen LogP contribution is -2.03. The Bertz CT molecular complexity index is 825. The molecular weight excluding hydrogens is 286 g/mol. The Morgan fingerprint density at radius 1 is 1.14 bits per heavy atom. The van der Waals surface area contributed by atoms with E-state index in [-0.39, 0.29) is 5.78 Å². The third-order valence-electron chi connectivity index (χ3n) is 3.31. The third kappa shape index (κ3) is 2.48. The molecule has 3 rings (SSSR count). The van der Waals surface area contributed by atoms with E-state index in [4.69, 9.17) is 16.3 Å². The summed E-state index contributed by atoms with van der Waals surface area (Å²) in [6, 6.07) is 14.3. The average molecular weight is 298 g/mol. The molecule has 0 saturated carbocycles. The van der Waals surface area contributed by atoms with Crippen LogP contribution in [0.3, 0.4) is 0 Å². The van der Waals surface area contributed by atoms with E-state index in [1.807, 2.05) is 24.3 Å². The molecule has 1 heterocycles. The SMILES string of the molecule is COc1cc(C(=O)c2ccnc3ccccc23)ccc1Cl. The van der Waals surface area contributed by atoms with E-state index >= 15 is 0 Å². The molecule has 0 bridgehead atoms. The number of pyridine rings is 1. The Balaban J connectivity index is 2.13. The van der Waals surface area contributed by atoms with Crippen molar-refractivity contribution in [1.29, 1.82) is 0 Å². The molecule has 21 heavy (non-hydrogen) atoms. The maximum atomic E-state index is 12.7. The lowest BCUT2D eigenvalue weighted by Gasteiger charge is -2.08. The van der Waals surface area contributed by atoms with Crippen LogP contribution in [0.25, 0.3) is 10.9 Å². The molecule has 0 radical (unpaired) electrons. The van der Waals surface area contributed by atoms with Gasteiger partial charge in [-0.15, -0.1) is 0 Å². The topological polar surface area (TPSA) is 39.2 Å². The smallest absolute Gasteiger partial charge is 0.193 e. The molecule has 0 aliphatic carbocycles. The van der Waals surface area contributed by atoms with Crippen molar-refractivity contribution in [2.45, 2.75) is 0 Å². The van der Waals surface area contributed by atoms with Gasteiger partial charge in [0.05, 0.1) is 17.6 Å². The normalized spacial score (nSPS) is 10.6. The Labute approximate surface area is 127 Å². The zero-order chi connectivity index (χ0) is 14.8. The predicted octanol–water partition coefficient (Wildman–Crippen LogP) is 4.13. The van der Waals surface area contributed by atoms with Gasteiger partial charge in [0, 0.05) is 22.7 Å². The lowest BCUT2D eigenvalue weighted by molar-refractivity contribution is 0.104. The van der Waals surface area contributed by atoms with Crippen molar-refractivity contribution < 1.29 is 9.53 Å². The second-order valence-corrected chi connectivity index (χ2v) is 4.96. The summed E-state index contributed by atoms with van der Waals surface area (Å²) >= 11 is 6.00. The molecule has 0 amide bonds. The first kappa shape index (κ1) is 13.6. The van der Waals surface area contributed by atoms with Gasteiger partial charge in [0.15, 0.2) is 5.78 Å². The second-order valence-electron chi connectivity index (χ2n) is 4.55. The predicted molar refractivity (Wildman–Crippen MR) is 83.2 cm³/mol. The van der Waals surface area contributed by atoms with Crippen LogP contribution in [-0.2, 0) is 0 Å². The van der Waals surface area contributed by atoms with Crippen molar-refractivity contribution in [3.8, 4) is 5.75 Å². The fourth-order valence-electron chi connectivity index (χ4n) is 2.25. The second kappa shape index (κ2) is 5.54. The van der Waals surface area contributed by atoms with Crippen molar-refractivity contribution in [3.05, 3.63) is 70.9 Å². The van der Waals surface area contributed by atoms with Gasteiger partial charge in [0.2, 0.25) is 0 Å². The number of hydrogen-bond donors (Lipinski definition) is 0. The summed E-state index contributed by atoms with van der Waals surface area (Å²) in [6.45, 7) is 0. The van der Waals surface area contributed by atoms with Crippen LogP contribution < -0.4 is 4.74 Å². The van der Waals surface area contributed by atoms with Crippen molar-refractivity contribution in [2.24, 2.45) is 0 Å². The summed E-state index contributed by atoms with van der Waals surface area (Å²) in [5, 5.41) is 1.31. The highest BCUT2D eigenvalue weighted by Gasteiger charge is 2.14. The summed E-state index contributed by atoms with van der Waals surface area (Å²) in [6.07, 6.45) is 1.64. The number of ether oxygens (including phenoxy) is 1. The number of ketones is 1. The van der Waals surface area contributed by atoms with Gasteiger partial charge in [0.1, 0.15) is 5.75 Å². The van der Waals surface area contributed by atoms with Gasteiger partial charge in [0.25, 0.3) is 0 Å². The monoisotopic (exact) mass is 297 g/mol. The Kier molecular flexibility index (Phi) is 3.59. The molecule has 0 aliphatic heterocycles. The molecule has 3 nitrogen and oxygen atoms in total. The quantitative estimate of drug-likeness (QED) is 0.682. The minimum absolute atomic E-state index is 0.0800. The van der Waals surface area contributed by atoms with Gasteiger partial charge in [-0.05, 0) is 30.3 Å². The minimum atomic E-state index is -0.0800. The number of methoxy groups -OCH3 is 1. The zero-order valence-corrected chi connectivity index (χ0v) is 12.1. The molecule has 2 aromatic carbocycles. The highest BCUT2D eigenvalue weighted by Crippen LogP contribution is 2.27. The number of benzene rings is 2. The maximum absolute atomic E-state index is 12.7. The molecule has 0 aliphatic rings. The molecule has 0 unspecified atom stereocenters. The first-order valence-corrected chi connectivity index (χ1v) is 6.80. The van der Waals surface area contributed by atoms with Gasteiger partial charge >= 0.3 is 0 Å². The maximum Gasteiger partial charge on any atom is 0.193 e. The number of rotatable bonds is 3. The van der Waals surface area contributed by atoms with Gasteiger partial charge in [-0.3, -0.25) is 9.78 Å². The van der Waals surface area contributed by atoms with Crippen LogP contribution in [0.4, 0.5) is 0 Å². The summed E-state index contributed by atoms with van der Waals surface area (Å²) in [5.41, 5.74) is 1.95. The van der Waals surface area contributed by atoms with Gasteiger partial charge in [-0.2, -0.15) is 0 Å². The van der Waals surface area contributed by atoms with E-state index in [0.29, 0.717) is 21.9 Å². The van der Waals surface area contributed by atoms with Crippen LogP contribution >= 0.6 is 11.6 Å². The van der Waals surface area contributed by atoms with Crippen LogP contribution in [0.5, 0.6) is 5.75 Å². The summed E-state index contributed by atoms with van der Waals surface area (Å²) in [5.74, 6) is 0.407. The Morgan fingerprint density at radius 2 is 1.95 bits per heavy atom. The van der Waals surface area contributed by atoms with Crippen LogP contribution in [-0.4, -0.2) is 17.9 Å². The van der Waals surface area contributed by atoms with Crippen molar-refractivity contribution in [2.75, 3.05) is 7.11 Å². The number of carbonyl (C=O) groups is 1. The standard InChI is InChI=1S/C17H12ClNO2/c1-21-16-10-11(6-7-14(16)18)17(20)13-8-9-19-15-5-3-2-4-12(13)15/h2-10H,1H3. The van der Waals surface area contributed by atoms with Gasteiger partial charge in [-0.25, -0.2) is 0 Å². The van der Waals surface area contributed by atoms with Gasteiger partial charge < -0.3 is 4.74 Å². The third-order valence-corrected chi connectivity index (χ3v) is 3.62. The van der Waals surface area contributed by atoms with Crippen molar-refractivity contribution in [3.63, 3.8) is 0 Å². The number of aromatic nitrogens is 1. The number of hydrogen-bond acceptors (Lipinski definition) is 3. The van der Waals surface area contributed by atoms with E-state index in [1.54, 1.807) is 30.5 Å². The molecule has 0 fully saturated rings. The fourth-order valence-corrected chi connectivity index (χ4v) is 2.45. The lowest BCUT2D eigenvalue weighted by atomic mass is 10.00. The number of halogens is 1. The molecule has 4 heteroatoms. The molecule has 104 valence electrons. The molecule has 0 spiro atoms. The van der Waals surface area contributed by atoms with E-state index < -0.39 is 0 Å². The zero-order valence-electron chi connectivity index (χ0n) is 11.3. The van der Waals surface area contributed by atoms with Crippen molar-refractivity contribution >= 4 is 28.3 Å². The molecule has 3 aromatic rings. The van der Waals surface area contributed by atoms with E-state index in [0.717, 1.165) is 10.9 Å². The molecular formula is C17H12ClNO2. The summed E-state index contributed by atoms with van der Waals surface area (Å²) in [4.78, 5) is 17.0. The fraction of sp³-hybridized carbons (Fsp3) is 0.0588. The summed E-state index contributed by atoms with van der Waals surface area (Å²) in [7, 11) is 1.53. The molecule has 0 saturated heterocycles. The highest BCUT2D eigenvalue weighted by molar-refractivity contribution is 6.32. The highest BCUT2D eigenvalue weighted by atomic mass is 35.5.